The van der Waals surface area contributed by atoms with Crippen LogP contribution in [0.5, 0.6) is 0 Å². The van der Waals surface area contributed by atoms with E-state index in [1.807, 2.05) is 0 Å². The van der Waals surface area contributed by atoms with Crippen molar-refractivity contribution < 1.29 is 24.3 Å². The van der Waals surface area contributed by atoms with Crippen LogP contribution < -0.4 is 44.6 Å². The van der Waals surface area contributed by atoms with Gasteiger partial charge < -0.3 is 49.7 Å². The van der Waals surface area contributed by atoms with E-state index in [9.17, 15) is 24.3 Å². The molecule has 0 aromatic carbocycles. The van der Waals surface area contributed by atoms with Crippen LogP contribution in [0.4, 0.5) is 0 Å². The lowest BCUT2D eigenvalue weighted by Crippen LogP contribution is -2.57. The van der Waals surface area contributed by atoms with E-state index in [4.69, 9.17) is 28.7 Å². The molecule has 14 N–H and O–H groups in total. The normalized spacial score (nSPS) is 14.3. The molecule has 0 aliphatic rings. The van der Waals surface area contributed by atoms with Gasteiger partial charge in [0.1, 0.15) is 18.1 Å². The lowest BCUT2D eigenvalue weighted by atomic mass is 10.0. The van der Waals surface area contributed by atoms with E-state index < -0.39 is 47.9 Å². The lowest BCUT2D eigenvalue weighted by molar-refractivity contribution is -0.142. The summed E-state index contributed by atoms with van der Waals surface area (Å²) in [6, 6.07) is -3.78. The molecule has 0 heterocycles. The minimum Gasteiger partial charge on any atom is -0.480 e. The Bertz CT molecular complexity index is 667. The van der Waals surface area contributed by atoms with Crippen LogP contribution >= 0.6 is 0 Å². The molecule has 0 aliphatic carbocycles. The largest absolute Gasteiger partial charge is 0.480 e. The van der Waals surface area contributed by atoms with Crippen molar-refractivity contribution in [2.24, 2.45) is 28.7 Å². The third-order valence-corrected chi connectivity index (χ3v) is 6.03. The number of carbonyl (C=O) groups is 4. The van der Waals surface area contributed by atoms with E-state index >= 15 is 0 Å². The SMILES string of the molecule is NCCCC[C@H](NC(=O)[C@H](CCCCN)NC(=O)[C@@H](CCCCN)NC(=O)[C@@H](N)CCCCN)C(=O)O. The van der Waals surface area contributed by atoms with Crippen molar-refractivity contribution in [1.82, 2.24) is 16.0 Å². The lowest BCUT2D eigenvalue weighted by Gasteiger charge is -2.25. The first-order valence-corrected chi connectivity index (χ1v) is 13.4. The minimum atomic E-state index is -1.16. The van der Waals surface area contributed by atoms with Gasteiger partial charge in [-0.25, -0.2) is 4.79 Å². The fraction of sp³-hybridized carbons (Fsp3) is 0.833. The molecule has 0 saturated carbocycles. The van der Waals surface area contributed by atoms with E-state index in [0.717, 1.165) is 6.42 Å². The maximum Gasteiger partial charge on any atom is 0.326 e. The quantitative estimate of drug-likeness (QED) is 0.0681. The Morgan fingerprint density at radius 1 is 0.514 bits per heavy atom. The van der Waals surface area contributed by atoms with Crippen molar-refractivity contribution in [1.29, 1.82) is 0 Å². The monoisotopic (exact) mass is 530 g/mol. The number of hydrogen-bond acceptors (Lipinski definition) is 9. The minimum absolute atomic E-state index is 0.224. The molecule has 13 nitrogen and oxygen atoms in total. The van der Waals surface area contributed by atoms with E-state index in [2.05, 4.69) is 16.0 Å². The van der Waals surface area contributed by atoms with E-state index in [1.54, 1.807) is 0 Å². The average Bonchev–Trinajstić information content (AvgIpc) is 2.86. The van der Waals surface area contributed by atoms with Crippen molar-refractivity contribution in [3.8, 4) is 0 Å². The zero-order valence-electron chi connectivity index (χ0n) is 22.1. The molecule has 0 fully saturated rings. The first-order valence-electron chi connectivity index (χ1n) is 13.4. The Balaban J connectivity index is 5.43. The van der Waals surface area contributed by atoms with Gasteiger partial charge in [0.15, 0.2) is 0 Å². The van der Waals surface area contributed by atoms with Crippen LogP contribution in [0.3, 0.4) is 0 Å². The number of hydrogen-bond donors (Lipinski definition) is 9. The van der Waals surface area contributed by atoms with Gasteiger partial charge in [0.25, 0.3) is 0 Å². The number of nitrogens with two attached hydrogens (primary N) is 5. The third-order valence-electron chi connectivity index (χ3n) is 6.03. The highest BCUT2D eigenvalue weighted by molar-refractivity contribution is 5.94. The smallest absolute Gasteiger partial charge is 0.326 e. The van der Waals surface area contributed by atoms with Crippen LogP contribution in [0.15, 0.2) is 0 Å². The second-order valence-electron chi connectivity index (χ2n) is 9.27. The second kappa shape index (κ2) is 21.7. The number of nitrogens with one attached hydrogen (secondary N) is 3. The topological polar surface area (TPSA) is 255 Å². The standard InChI is InChI=1S/C24H50N8O5/c25-13-5-1-9-17(29)21(33)30-18(10-2-6-14-26)22(34)31-19(11-3-7-15-27)23(35)32-20(24(36)37)12-4-8-16-28/h17-20H,1-16,25-29H2,(H,30,33)(H,31,34)(H,32,35)(H,36,37)/t17-,18+,19-,20-/m0/s1. The molecule has 0 aromatic heterocycles. The van der Waals surface area contributed by atoms with Gasteiger partial charge in [-0.2, -0.15) is 0 Å². The highest BCUT2D eigenvalue weighted by Crippen LogP contribution is 2.08. The van der Waals surface area contributed by atoms with Crippen LogP contribution in [0.25, 0.3) is 0 Å². The summed E-state index contributed by atoms with van der Waals surface area (Å²) in [7, 11) is 0. The van der Waals surface area contributed by atoms with Gasteiger partial charge in [-0.15, -0.1) is 0 Å². The number of unbranched alkanes of at least 4 members (excludes halogenated alkanes) is 4. The number of carbonyl (C=O) groups excluding carboxylic acids is 3. The summed E-state index contributed by atoms with van der Waals surface area (Å²) in [6.45, 7) is 1.78. The van der Waals surface area contributed by atoms with Crippen LogP contribution in [0.1, 0.15) is 77.0 Å². The molecule has 3 amide bonds. The Labute approximate surface area is 220 Å². The summed E-state index contributed by atoms with van der Waals surface area (Å²) >= 11 is 0. The number of carboxylic acid groups (broad SMARTS) is 1. The Morgan fingerprint density at radius 3 is 1.22 bits per heavy atom. The first-order chi connectivity index (χ1) is 17.7. The predicted octanol–water partition coefficient (Wildman–Crippen LogP) is -1.63. The highest BCUT2D eigenvalue weighted by Gasteiger charge is 2.29. The molecule has 0 unspecified atom stereocenters. The third kappa shape index (κ3) is 16.2. The van der Waals surface area contributed by atoms with Crippen LogP contribution in [0, 0.1) is 0 Å². The maximum absolute atomic E-state index is 13.2. The van der Waals surface area contributed by atoms with Gasteiger partial charge in [0.2, 0.25) is 17.7 Å². The van der Waals surface area contributed by atoms with Crippen molar-refractivity contribution in [2.75, 3.05) is 26.2 Å². The first kappa shape index (κ1) is 34.7. The Morgan fingerprint density at radius 2 is 0.838 bits per heavy atom. The average molecular weight is 531 g/mol. The zero-order chi connectivity index (χ0) is 28.1. The molecule has 0 radical (unpaired) electrons. The molecule has 13 heteroatoms. The Hall–Kier alpha value is -2.32. The van der Waals surface area contributed by atoms with E-state index in [0.29, 0.717) is 84.0 Å². The van der Waals surface area contributed by atoms with Gasteiger partial charge in [0, 0.05) is 0 Å². The fourth-order valence-electron chi connectivity index (χ4n) is 3.74. The summed E-state index contributed by atoms with van der Waals surface area (Å²) < 4.78 is 0. The van der Waals surface area contributed by atoms with Crippen LogP contribution in [-0.2, 0) is 19.2 Å². The Kier molecular flexibility index (Phi) is 20.4. The molecule has 0 spiro atoms. The molecule has 0 saturated heterocycles. The number of carboxylic acids is 1. The molecule has 0 aliphatic heterocycles. The second-order valence-corrected chi connectivity index (χ2v) is 9.27. The number of amides is 3. The zero-order valence-corrected chi connectivity index (χ0v) is 22.1. The van der Waals surface area contributed by atoms with Crippen molar-refractivity contribution in [3.05, 3.63) is 0 Å². The molecule has 0 aromatic rings. The van der Waals surface area contributed by atoms with Gasteiger partial charge in [-0.3, -0.25) is 14.4 Å². The molecular weight excluding hydrogens is 480 g/mol. The van der Waals surface area contributed by atoms with Gasteiger partial charge in [-0.05, 0) is 96.8 Å². The van der Waals surface area contributed by atoms with E-state index in [-0.39, 0.29) is 12.8 Å². The van der Waals surface area contributed by atoms with Gasteiger partial charge >= 0.3 is 5.97 Å². The molecular formula is C24H50N8O5. The molecule has 4 atom stereocenters. The highest BCUT2D eigenvalue weighted by atomic mass is 16.4. The van der Waals surface area contributed by atoms with Crippen molar-refractivity contribution in [3.63, 3.8) is 0 Å². The molecule has 216 valence electrons. The summed E-state index contributed by atoms with van der Waals surface area (Å²) in [5.41, 5.74) is 28.1. The molecule has 0 rings (SSSR count). The summed E-state index contributed by atoms with van der Waals surface area (Å²) in [4.78, 5) is 50.4. The van der Waals surface area contributed by atoms with E-state index in [1.165, 1.54) is 0 Å². The summed E-state index contributed by atoms with van der Waals surface area (Å²) in [5.74, 6) is -2.76. The predicted molar refractivity (Wildman–Crippen MR) is 143 cm³/mol. The summed E-state index contributed by atoms with van der Waals surface area (Å²) in [6.07, 6.45) is 6.28. The molecule has 37 heavy (non-hydrogen) atoms. The van der Waals surface area contributed by atoms with Crippen LogP contribution in [-0.4, -0.2) is 79.1 Å². The molecule has 0 bridgehead atoms. The summed E-state index contributed by atoms with van der Waals surface area (Å²) in [5, 5.41) is 17.4. The number of rotatable bonds is 23. The number of aliphatic carboxylic acids is 1. The van der Waals surface area contributed by atoms with Gasteiger partial charge in [-0.1, -0.05) is 6.42 Å². The fourth-order valence-corrected chi connectivity index (χ4v) is 3.74. The van der Waals surface area contributed by atoms with Gasteiger partial charge in [0.05, 0.1) is 6.04 Å². The van der Waals surface area contributed by atoms with Crippen LogP contribution in [0.2, 0.25) is 0 Å². The van der Waals surface area contributed by atoms with Crippen molar-refractivity contribution >= 4 is 23.7 Å². The maximum atomic E-state index is 13.2. The van der Waals surface area contributed by atoms with Crippen molar-refractivity contribution in [2.45, 2.75) is 101 Å².